The van der Waals surface area contributed by atoms with Gasteiger partial charge in [-0.1, -0.05) is 18.9 Å². The van der Waals surface area contributed by atoms with Gasteiger partial charge in [-0.3, -0.25) is 0 Å². The summed E-state index contributed by atoms with van der Waals surface area (Å²) in [5.74, 6) is 0.633. The van der Waals surface area contributed by atoms with Gasteiger partial charge in [0.1, 0.15) is 5.75 Å². The van der Waals surface area contributed by atoms with Crippen molar-refractivity contribution in [1.82, 2.24) is 0 Å². The smallest absolute Gasteiger partial charge is 0.416 e. The minimum absolute atomic E-state index is 0.00652. The molecule has 0 spiro atoms. The molecule has 2 nitrogen and oxygen atoms in total. The number of rotatable bonds is 5. The molecule has 5 heteroatoms. The van der Waals surface area contributed by atoms with Crippen molar-refractivity contribution in [2.45, 2.75) is 31.9 Å². The topological polar surface area (TPSA) is 29.5 Å². The second-order valence-corrected chi connectivity index (χ2v) is 5.32. The van der Waals surface area contributed by atoms with Crippen LogP contribution in [0, 0.1) is 11.8 Å². The van der Waals surface area contributed by atoms with Gasteiger partial charge in [0.2, 0.25) is 0 Å². The molecule has 1 aliphatic rings. The van der Waals surface area contributed by atoms with Crippen LogP contribution in [0.4, 0.5) is 13.2 Å². The van der Waals surface area contributed by atoms with Crippen molar-refractivity contribution in [2.75, 3.05) is 13.2 Å². The van der Waals surface area contributed by atoms with Gasteiger partial charge in [0.05, 0.1) is 12.2 Å². The Morgan fingerprint density at radius 1 is 1.25 bits per heavy atom. The van der Waals surface area contributed by atoms with E-state index in [-0.39, 0.29) is 24.9 Å². The van der Waals surface area contributed by atoms with Crippen LogP contribution in [0.5, 0.6) is 5.75 Å². The number of aliphatic hydroxyl groups excluding tert-OH is 1. The quantitative estimate of drug-likeness (QED) is 0.891. The average Bonchev–Trinajstić information content (AvgIpc) is 2.93. The van der Waals surface area contributed by atoms with Gasteiger partial charge in [-0.2, -0.15) is 13.2 Å². The van der Waals surface area contributed by atoms with Crippen LogP contribution in [-0.2, 0) is 6.18 Å². The normalized spacial score (nSPS) is 18.2. The van der Waals surface area contributed by atoms with Crippen molar-refractivity contribution in [3.63, 3.8) is 0 Å². The number of alkyl halides is 3. The molecule has 0 aliphatic heterocycles. The second kappa shape index (κ2) is 6.48. The lowest BCUT2D eigenvalue weighted by Crippen LogP contribution is -2.23. The van der Waals surface area contributed by atoms with Gasteiger partial charge in [-0.25, -0.2) is 0 Å². The largest absolute Gasteiger partial charge is 0.493 e. The van der Waals surface area contributed by atoms with Crippen LogP contribution in [0.15, 0.2) is 24.3 Å². The van der Waals surface area contributed by atoms with Crippen LogP contribution in [0.25, 0.3) is 0 Å². The molecule has 0 radical (unpaired) electrons. The lowest BCUT2D eigenvalue weighted by molar-refractivity contribution is -0.137. The number of aliphatic hydroxyl groups is 1. The van der Waals surface area contributed by atoms with E-state index in [0.717, 1.165) is 37.8 Å². The predicted octanol–water partition coefficient (Wildman–Crippen LogP) is 3.88. The molecule has 1 atom stereocenters. The Kier molecular flexibility index (Phi) is 4.91. The van der Waals surface area contributed by atoms with E-state index in [1.807, 2.05) is 0 Å². The molecule has 0 saturated heterocycles. The Hall–Kier alpha value is -1.23. The summed E-state index contributed by atoms with van der Waals surface area (Å²) in [4.78, 5) is 0. The molecule has 1 saturated carbocycles. The number of hydrogen-bond acceptors (Lipinski definition) is 2. The molecular formula is C15H19F3O2. The fraction of sp³-hybridized carbons (Fsp3) is 0.600. The number of ether oxygens (including phenoxy) is 1. The Morgan fingerprint density at radius 3 is 2.55 bits per heavy atom. The number of halogens is 3. The van der Waals surface area contributed by atoms with Crippen molar-refractivity contribution in [3.8, 4) is 5.75 Å². The molecule has 20 heavy (non-hydrogen) atoms. The number of hydrogen-bond donors (Lipinski definition) is 1. The Bertz CT molecular complexity index is 425. The van der Waals surface area contributed by atoms with Crippen LogP contribution in [0.3, 0.4) is 0 Å². The molecule has 0 aromatic heterocycles. The van der Waals surface area contributed by atoms with Crippen LogP contribution in [0.2, 0.25) is 0 Å². The van der Waals surface area contributed by atoms with Gasteiger partial charge in [0.25, 0.3) is 0 Å². The first-order valence-corrected chi connectivity index (χ1v) is 6.91. The third-order valence-corrected chi connectivity index (χ3v) is 3.93. The highest BCUT2D eigenvalue weighted by Crippen LogP contribution is 2.33. The maximum absolute atomic E-state index is 12.6. The lowest BCUT2D eigenvalue weighted by atomic mass is 9.92. The van der Waals surface area contributed by atoms with Crippen molar-refractivity contribution >= 4 is 0 Å². The number of benzene rings is 1. The highest BCUT2D eigenvalue weighted by Gasteiger charge is 2.31. The van der Waals surface area contributed by atoms with Crippen LogP contribution in [0.1, 0.15) is 31.2 Å². The Balaban J connectivity index is 1.95. The Labute approximate surface area is 116 Å². The van der Waals surface area contributed by atoms with E-state index in [1.54, 1.807) is 0 Å². The minimum atomic E-state index is -4.36. The zero-order valence-electron chi connectivity index (χ0n) is 11.2. The zero-order chi connectivity index (χ0) is 14.6. The molecule has 1 aromatic rings. The molecule has 1 aromatic carbocycles. The first-order valence-electron chi connectivity index (χ1n) is 6.91. The summed E-state index contributed by atoms with van der Waals surface area (Å²) in [7, 11) is 0. The van der Waals surface area contributed by atoms with Gasteiger partial charge in [0.15, 0.2) is 0 Å². The van der Waals surface area contributed by atoms with Crippen LogP contribution >= 0.6 is 0 Å². The van der Waals surface area contributed by atoms with Crippen molar-refractivity contribution in [1.29, 1.82) is 0 Å². The van der Waals surface area contributed by atoms with E-state index >= 15 is 0 Å². The summed E-state index contributed by atoms with van der Waals surface area (Å²) in [5, 5.41) is 9.39. The molecule has 1 N–H and O–H groups in total. The second-order valence-electron chi connectivity index (χ2n) is 5.32. The summed E-state index contributed by atoms with van der Waals surface area (Å²) < 4.78 is 43.2. The average molecular weight is 288 g/mol. The first-order chi connectivity index (χ1) is 9.50. The molecule has 0 heterocycles. The minimum Gasteiger partial charge on any atom is -0.493 e. The van der Waals surface area contributed by atoms with Crippen molar-refractivity contribution in [2.24, 2.45) is 11.8 Å². The van der Waals surface area contributed by atoms with Crippen molar-refractivity contribution < 1.29 is 23.0 Å². The van der Waals surface area contributed by atoms with E-state index in [9.17, 15) is 18.3 Å². The van der Waals surface area contributed by atoms with Crippen LogP contribution in [-0.4, -0.2) is 18.3 Å². The summed E-state index contributed by atoms with van der Waals surface area (Å²) in [5.41, 5.74) is -0.712. The third kappa shape index (κ3) is 3.88. The summed E-state index contributed by atoms with van der Waals surface area (Å²) in [6, 6.07) is 4.87. The van der Waals surface area contributed by atoms with E-state index in [1.165, 1.54) is 12.1 Å². The zero-order valence-corrected chi connectivity index (χ0v) is 11.2. The van der Waals surface area contributed by atoms with Gasteiger partial charge in [-0.15, -0.1) is 0 Å². The molecule has 1 aliphatic carbocycles. The molecular weight excluding hydrogens is 269 g/mol. The van der Waals surface area contributed by atoms with E-state index in [4.69, 9.17) is 4.74 Å². The standard InChI is InChI=1S/C15H19F3O2/c16-15(17,18)13-6-3-7-14(8-13)20-10-12(9-19)11-4-1-2-5-11/h3,6-8,11-12,19H,1-2,4-5,9-10H2. The highest BCUT2D eigenvalue weighted by molar-refractivity contribution is 5.30. The van der Waals surface area contributed by atoms with Gasteiger partial charge < -0.3 is 9.84 Å². The maximum Gasteiger partial charge on any atom is 0.416 e. The SMILES string of the molecule is OCC(COc1cccc(C(F)(F)F)c1)C1CCCC1. The summed E-state index contributed by atoms with van der Waals surface area (Å²) in [6.45, 7) is 0.284. The third-order valence-electron chi connectivity index (χ3n) is 3.93. The summed E-state index contributed by atoms with van der Waals surface area (Å²) >= 11 is 0. The van der Waals surface area contributed by atoms with Gasteiger partial charge in [0, 0.05) is 12.5 Å². The molecule has 0 bridgehead atoms. The van der Waals surface area contributed by atoms with Crippen molar-refractivity contribution in [3.05, 3.63) is 29.8 Å². The lowest BCUT2D eigenvalue weighted by Gasteiger charge is -2.21. The highest BCUT2D eigenvalue weighted by atomic mass is 19.4. The first kappa shape index (κ1) is 15.2. The van der Waals surface area contributed by atoms with Gasteiger partial charge in [-0.05, 0) is 37.0 Å². The van der Waals surface area contributed by atoms with E-state index < -0.39 is 11.7 Å². The molecule has 1 fully saturated rings. The van der Waals surface area contributed by atoms with Crippen LogP contribution < -0.4 is 4.74 Å². The van der Waals surface area contributed by atoms with E-state index in [0.29, 0.717) is 5.92 Å². The maximum atomic E-state index is 12.6. The fourth-order valence-electron chi connectivity index (χ4n) is 2.73. The molecule has 0 amide bonds. The molecule has 1 unspecified atom stereocenters. The fourth-order valence-corrected chi connectivity index (χ4v) is 2.73. The monoisotopic (exact) mass is 288 g/mol. The molecule has 2 rings (SSSR count). The molecule has 112 valence electrons. The summed E-state index contributed by atoms with van der Waals surface area (Å²) in [6.07, 6.45) is 0.0883. The Morgan fingerprint density at radius 2 is 1.95 bits per heavy atom. The van der Waals surface area contributed by atoms with Gasteiger partial charge >= 0.3 is 6.18 Å². The van der Waals surface area contributed by atoms with E-state index in [2.05, 4.69) is 0 Å². The predicted molar refractivity (Wildman–Crippen MR) is 69.5 cm³/mol.